The molecule has 10 heteroatoms. The lowest BCUT2D eigenvalue weighted by Gasteiger charge is -2.30. The number of hydrogen-bond acceptors (Lipinski definition) is 8. The molecule has 0 bridgehead atoms. The van der Waals surface area contributed by atoms with E-state index in [0.29, 0.717) is 23.1 Å². The van der Waals surface area contributed by atoms with Crippen LogP contribution in [0.4, 0.5) is 4.79 Å². The Kier molecular flexibility index (Phi) is 7.26. The number of carboxylic acid groups (broad SMARTS) is 1. The summed E-state index contributed by atoms with van der Waals surface area (Å²) >= 11 is 1.53. The average Bonchev–Trinajstić information content (AvgIpc) is 3.45. The van der Waals surface area contributed by atoms with Gasteiger partial charge in [-0.15, -0.1) is 11.3 Å². The van der Waals surface area contributed by atoms with Gasteiger partial charge in [0.2, 0.25) is 0 Å². The minimum Gasteiger partial charge on any atom is -0.497 e. The van der Waals surface area contributed by atoms with Gasteiger partial charge in [0.05, 0.1) is 37.0 Å². The number of aromatic nitrogens is 1. The molecular weight excluding hydrogens is 482 g/mol. The van der Waals surface area contributed by atoms with E-state index in [1.54, 1.807) is 27.9 Å². The third-order valence-corrected chi connectivity index (χ3v) is 7.00. The number of rotatable bonds is 6. The lowest BCUT2D eigenvalue weighted by atomic mass is 9.89. The molecule has 1 saturated heterocycles. The summed E-state index contributed by atoms with van der Waals surface area (Å²) in [5.41, 5.74) is 0.979. The number of carbonyl (C=O) groups is 2. The molecule has 0 spiro atoms. The minimum atomic E-state index is -1.08. The number of carbonyl (C=O) groups excluding carboxylic acids is 1. The van der Waals surface area contributed by atoms with Gasteiger partial charge in [0.1, 0.15) is 34.3 Å². The number of ether oxygens (including phenoxy) is 3. The Bertz CT molecular complexity index is 1140. The largest absolute Gasteiger partial charge is 0.497 e. The van der Waals surface area contributed by atoms with Crippen molar-refractivity contribution in [1.29, 1.82) is 0 Å². The SMILES string of the molecule is COC1=CC2N=C(c3nc(C(C)C)cs3)C=C(O[C@@H]3C[C@@H](C(=O)O)N(C(=O)OC(C)(C)C)C3)C2C=C1. The van der Waals surface area contributed by atoms with E-state index in [0.717, 1.165) is 10.7 Å². The number of likely N-dealkylation sites (tertiary alicyclic amines) is 1. The molecule has 4 rings (SSSR count). The van der Waals surface area contributed by atoms with Gasteiger partial charge in [-0.25, -0.2) is 14.6 Å². The van der Waals surface area contributed by atoms with Gasteiger partial charge in [-0.2, -0.15) is 0 Å². The minimum absolute atomic E-state index is 0.116. The summed E-state index contributed by atoms with van der Waals surface area (Å²) < 4.78 is 17.3. The van der Waals surface area contributed by atoms with Crippen LogP contribution < -0.4 is 0 Å². The molecule has 9 nitrogen and oxygen atoms in total. The summed E-state index contributed by atoms with van der Waals surface area (Å²) in [4.78, 5) is 35.6. The zero-order valence-electron chi connectivity index (χ0n) is 21.4. The fourth-order valence-corrected chi connectivity index (χ4v) is 5.26. The summed E-state index contributed by atoms with van der Waals surface area (Å²) in [5.74, 6) is 0.421. The number of methoxy groups -OCH3 is 1. The molecule has 4 atom stereocenters. The Morgan fingerprint density at radius 2 is 2.03 bits per heavy atom. The third-order valence-electron chi connectivity index (χ3n) is 6.11. The smallest absolute Gasteiger partial charge is 0.411 e. The maximum absolute atomic E-state index is 12.7. The van der Waals surface area contributed by atoms with Crippen molar-refractivity contribution in [2.45, 2.75) is 70.7 Å². The molecule has 1 N–H and O–H groups in total. The summed E-state index contributed by atoms with van der Waals surface area (Å²) in [6.45, 7) is 9.55. The first kappa shape index (κ1) is 25.9. The molecule has 0 aromatic carbocycles. The van der Waals surface area contributed by atoms with Gasteiger partial charge in [0.15, 0.2) is 0 Å². The van der Waals surface area contributed by atoms with Crippen molar-refractivity contribution < 1.29 is 28.9 Å². The van der Waals surface area contributed by atoms with Crippen molar-refractivity contribution in [3.8, 4) is 0 Å². The van der Waals surface area contributed by atoms with E-state index in [-0.39, 0.29) is 24.9 Å². The highest BCUT2D eigenvalue weighted by Gasteiger charge is 2.44. The molecule has 36 heavy (non-hydrogen) atoms. The van der Waals surface area contributed by atoms with Crippen LogP contribution in [0.1, 0.15) is 57.7 Å². The maximum Gasteiger partial charge on any atom is 0.411 e. The van der Waals surface area contributed by atoms with E-state index in [1.165, 1.54) is 16.2 Å². The van der Waals surface area contributed by atoms with Gasteiger partial charge in [-0.3, -0.25) is 9.89 Å². The second-order valence-electron chi connectivity index (χ2n) is 10.4. The van der Waals surface area contributed by atoms with Crippen LogP contribution in [0.5, 0.6) is 0 Å². The van der Waals surface area contributed by atoms with Gasteiger partial charge in [-0.1, -0.05) is 19.9 Å². The van der Waals surface area contributed by atoms with E-state index in [2.05, 4.69) is 13.8 Å². The van der Waals surface area contributed by atoms with Crippen LogP contribution in [0.25, 0.3) is 0 Å². The molecule has 194 valence electrons. The number of allylic oxidation sites excluding steroid dienone is 2. The predicted octanol–water partition coefficient (Wildman–Crippen LogP) is 4.52. The Hall–Kier alpha value is -3.14. The summed E-state index contributed by atoms with van der Waals surface area (Å²) in [6, 6.07) is -1.27. The number of dihydropyridines is 1. The first-order valence-corrected chi connectivity index (χ1v) is 12.9. The molecule has 3 heterocycles. The normalized spacial score (nSPS) is 25.6. The van der Waals surface area contributed by atoms with E-state index in [1.807, 2.05) is 29.7 Å². The highest BCUT2D eigenvalue weighted by atomic mass is 32.1. The van der Waals surface area contributed by atoms with Gasteiger partial charge >= 0.3 is 12.1 Å². The van der Waals surface area contributed by atoms with Gasteiger partial charge in [0.25, 0.3) is 0 Å². The molecule has 0 saturated carbocycles. The monoisotopic (exact) mass is 515 g/mol. The lowest BCUT2D eigenvalue weighted by Crippen LogP contribution is -2.43. The number of thiazole rings is 1. The summed E-state index contributed by atoms with van der Waals surface area (Å²) in [7, 11) is 1.61. The Morgan fingerprint density at radius 1 is 1.28 bits per heavy atom. The molecule has 1 aromatic rings. The van der Waals surface area contributed by atoms with Crippen LogP contribution in [0.15, 0.2) is 46.2 Å². The van der Waals surface area contributed by atoms with Crippen molar-refractivity contribution in [2.24, 2.45) is 10.9 Å². The van der Waals surface area contributed by atoms with Crippen molar-refractivity contribution in [3.05, 3.63) is 51.9 Å². The van der Waals surface area contributed by atoms with Crippen LogP contribution in [-0.2, 0) is 19.0 Å². The fraction of sp³-hybridized carbons (Fsp3) is 0.538. The number of carboxylic acids is 1. The molecule has 1 fully saturated rings. The molecule has 1 aliphatic carbocycles. The van der Waals surface area contributed by atoms with Crippen molar-refractivity contribution in [1.82, 2.24) is 9.88 Å². The van der Waals surface area contributed by atoms with Crippen LogP contribution in [0.2, 0.25) is 0 Å². The van der Waals surface area contributed by atoms with Crippen LogP contribution in [0.3, 0.4) is 0 Å². The van der Waals surface area contributed by atoms with Crippen LogP contribution in [0, 0.1) is 5.92 Å². The maximum atomic E-state index is 12.7. The molecule has 2 unspecified atom stereocenters. The zero-order valence-corrected chi connectivity index (χ0v) is 22.2. The second-order valence-corrected chi connectivity index (χ2v) is 11.3. The predicted molar refractivity (Wildman–Crippen MR) is 136 cm³/mol. The molecule has 1 aromatic heterocycles. The first-order chi connectivity index (χ1) is 16.9. The number of amides is 1. The zero-order chi connectivity index (χ0) is 26.2. The van der Waals surface area contributed by atoms with Crippen molar-refractivity contribution >= 4 is 29.1 Å². The Morgan fingerprint density at radius 3 is 2.64 bits per heavy atom. The Labute approximate surface area is 215 Å². The van der Waals surface area contributed by atoms with Crippen LogP contribution in [-0.4, -0.2) is 70.2 Å². The standard InChI is InChI=1S/C26H33N3O6S/c1-14(2)20-13-36-23(28-20)19-11-22(17-8-7-15(33-6)9-18(17)27-19)34-16-10-21(24(30)31)29(12-16)25(32)35-26(3,4)5/h7-9,11,13-14,16-18,21H,10,12H2,1-6H3,(H,30,31)/t16-,17?,18?,21+/m1/s1. The van der Waals surface area contributed by atoms with Gasteiger partial charge in [0, 0.05) is 17.9 Å². The first-order valence-electron chi connectivity index (χ1n) is 12.0. The molecular formula is C26H33N3O6S. The number of nitrogens with zero attached hydrogens (tertiary/aromatic N) is 3. The van der Waals surface area contributed by atoms with Crippen LogP contribution >= 0.6 is 11.3 Å². The van der Waals surface area contributed by atoms with Gasteiger partial charge in [-0.05, 0) is 38.8 Å². The highest BCUT2D eigenvalue weighted by Crippen LogP contribution is 2.35. The highest BCUT2D eigenvalue weighted by molar-refractivity contribution is 7.12. The fourth-order valence-electron chi connectivity index (χ4n) is 4.32. The molecule has 0 radical (unpaired) electrons. The molecule has 3 aliphatic rings. The van der Waals surface area contributed by atoms with E-state index < -0.39 is 29.8 Å². The van der Waals surface area contributed by atoms with E-state index in [4.69, 9.17) is 24.2 Å². The Balaban J connectivity index is 1.60. The van der Waals surface area contributed by atoms with E-state index in [9.17, 15) is 14.7 Å². The topological polar surface area (TPSA) is 111 Å². The molecule has 1 amide bonds. The lowest BCUT2D eigenvalue weighted by molar-refractivity contribution is -0.142. The van der Waals surface area contributed by atoms with Crippen molar-refractivity contribution in [2.75, 3.05) is 13.7 Å². The second kappa shape index (κ2) is 10.1. The number of hydrogen-bond donors (Lipinski definition) is 1. The number of aliphatic imine (C=N–C) groups is 1. The number of aliphatic carboxylic acids is 1. The molecule has 2 aliphatic heterocycles. The summed E-state index contributed by atoms with van der Waals surface area (Å²) in [6.07, 6.45) is 6.67. The number of fused-ring (bicyclic) bond motifs is 1. The van der Waals surface area contributed by atoms with Gasteiger partial charge < -0.3 is 19.3 Å². The average molecular weight is 516 g/mol. The summed E-state index contributed by atoms with van der Waals surface area (Å²) in [5, 5.41) is 12.6. The van der Waals surface area contributed by atoms with Crippen molar-refractivity contribution in [3.63, 3.8) is 0 Å². The van der Waals surface area contributed by atoms with E-state index >= 15 is 0 Å². The third kappa shape index (κ3) is 5.64. The quantitative estimate of drug-likeness (QED) is 0.593.